The Labute approximate surface area is 156 Å². The second kappa shape index (κ2) is 6.68. The summed E-state index contributed by atoms with van der Waals surface area (Å²) >= 11 is 0. The molecule has 1 aliphatic heterocycles. The van der Waals surface area contributed by atoms with Crippen molar-refractivity contribution in [1.82, 2.24) is 10.2 Å². The SMILES string of the molecule is CN(CCc1cccc2ccccc12)C(=O)c1ccc2c(c1)C(=O)NC2=O. The third-order valence-electron chi connectivity index (χ3n) is 4.93. The number of nitrogens with one attached hydrogen (secondary N) is 1. The molecule has 1 N–H and O–H groups in total. The van der Waals surface area contributed by atoms with Gasteiger partial charge < -0.3 is 4.90 Å². The van der Waals surface area contributed by atoms with Crippen molar-refractivity contribution >= 4 is 28.5 Å². The van der Waals surface area contributed by atoms with Crippen molar-refractivity contribution in [3.8, 4) is 0 Å². The molecule has 0 radical (unpaired) electrons. The van der Waals surface area contributed by atoms with Crippen LogP contribution in [0.15, 0.2) is 60.7 Å². The van der Waals surface area contributed by atoms with Crippen LogP contribution in [-0.4, -0.2) is 36.2 Å². The Balaban J connectivity index is 1.51. The predicted octanol–water partition coefficient (Wildman–Crippen LogP) is 3.04. The van der Waals surface area contributed by atoms with E-state index in [2.05, 4.69) is 29.6 Å². The number of carbonyl (C=O) groups excluding carboxylic acids is 3. The van der Waals surface area contributed by atoms with Gasteiger partial charge in [-0.2, -0.15) is 0 Å². The van der Waals surface area contributed by atoms with Gasteiger partial charge in [0.15, 0.2) is 0 Å². The molecule has 3 amide bonds. The van der Waals surface area contributed by atoms with Gasteiger partial charge >= 0.3 is 0 Å². The van der Waals surface area contributed by atoms with Crippen molar-refractivity contribution in [3.05, 3.63) is 82.9 Å². The Bertz CT molecular complexity index is 1080. The van der Waals surface area contributed by atoms with Gasteiger partial charge in [0, 0.05) is 19.2 Å². The van der Waals surface area contributed by atoms with E-state index in [1.165, 1.54) is 28.5 Å². The van der Waals surface area contributed by atoms with Crippen LogP contribution in [0.3, 0.4) is 0 Å². The lowest BCUT2D eigenvalue weighted by molar-refractivity contribution is 0.0795. The van der Waals surface area contributed by atoms with E-state index in [1.54, 1.807) is 18.0 Å². The van der Waals surface area contributed by atoms with Crippen molar-refractivity contribution in [1.29, 1.82) is 0 Å². The summed E-state index contributed by atoms with van der Waals surface area (Å²) in [4.78, 5) is 37.8. The van der Waals surface area contributed by atoms with Crippen molar-refractivity contribution in [2.45, 2.75) is 6.42 Å². The summed E-state index contributed by atoms with van der Waals surface area (Å²) in [7, 11) is 1.74. The van der Waals surface area contributed by atoms with Crippen molar-refractivity contribution < 1.29 is 14.4 Å². The van der Waals surface area contributed by atoms with E-state index in [4.69, 9.17) is 0 Å². The number of rotatable bonds is 4. The van der Waals surface area contributed by atoms with Crippen molar-refractivity contribution in [2.24, 2.45) is 0 Å². The van der Waals surface area contributed by atoms with Gasteiger partial charge in [0.05, 0.1) is 11.1 Å². The van der Waals surface area contributed by atoms with Crippen LogP contribution in [0.4, 0.5) is 0 Å². The molecule has 0 bridgehead atoms. The molecule has 0 spiro atoms. The van der Waals surface area contributed by atoms with Gasteiger partial charge in [-0.05, 0) is 41.0 Å². The molecule has 1 aliphatic rings. The second-order valence-corrected chi connectivity index (χ2v) is 6.66. The van der Waals surface area contributed by atoms with Crippen molar-refractivity contribution in [2.75, 3.05) is 13.6 Å². The molecule has 27 heavy (non-hydrogen) atoms. The highest BCUT2D eigenvalue weighted by atomic mass is 16.2. The molecular formula is C22H18N2O3. The number of hydrogen-bond acceptors (Lipinski definition) is 3. The fraction of sp³-hybridized carbons (Fsp3) is 0.136. The maximum Gasteiger partial charge on any atom is 0.258 e. The molecule has 1 heterocycles. The third kappa shape index (κ3) is 3.08. The van der Waals surface area contributed by atoms with Crippen LogP contribution in [0.2, 0.25) is 0 Å². The minimum atomic E-state index is -0.456. The lowest BCUT2D eigenvalue weighted by Crippen LogP contribution is -2.29. The molecule has 5 heteroatoms. The molecule has 0 atom stereocenters. The van der Waals surface area contributed by atoms with Crippen LogP contribution in [-0.2, 0) is 6.42 Å². The maximum absolute atomic E-state index is 12.7. The quantitative estimate of drug-likeness (QED) is 0.729. The van der Waals surface area contributed by atoms with Gasteiger partial charge in [-0.3, -0.25) is 19.7 Å². The maximum atomic E-state index is 12.7. The smallest absolute Gasteiger partial charge is 0.258 e. The zero-order valence-electron chi connectivity index (χ0n) is 14.9. The summed E-state index contributed by atoms with van der Waals surface area (Å²) in [6, 6.07) is 19.0. The number of benzene rings is 3. The number of nitrogens with zero attached hydrogens (tertiary/aromatic N) is 1. The normalized spacial score (nSPS) is 12.8. The van der Waals surface area contributed by atoms with Crippen molar-refractivity contribution in [3.63, 3.8) is 0 Å². The molecule has 0 unspecified atom stereocenters. The highest BCUT2D eigenvalue weighted by Crippen LogP contribution is 2.20. The first-order chi connectivity index (χ1) is 13.0. The first-order valence-corrected chi connectivity index (χ1v) is 8.76. The average Bonchev–Trinajstić information content (AvgIpc) is 2.98. The fourth-order valence-electron chi connectivity index (χ4n) is 3.42. The summed E-state index contributed by atoms with van der Waals surface area (Å²) in [5.41, 5.74) is 2.16. The number of hydrogen-bond donors (Lipinski definition) is 1. The minimum absolute atomic E-state index is 0.176. The van der Waals surface area contributed by atoms with E-state index in [-0.39, 0.29) is 11.5 Å². The van der Waals surface area contributed by atoms with Gasteiger partial charge in [0.1, 0.15) is 0 Å². The number of imide groups is 1. The van der Waals surface area contributed by atoms with E-state index >= 15 is 0 Å². The number of carbonyl (C=O) groups is 3. The average molecular weight is 358 g/mol. The molecule has 0 fully saturated rings. The summed E-state index contributed by atoms with van der Waals surface area (Å²) in [6.07, 6.45) is 0.730. The Morgan fingerprint density at radius 1 is 0.926 bits per heavy atom. The lowest BCUT2D eigenvalue weighted by Gasteiger charge is -2.18. The first-order valence-electron chi connectivity index (χ1n) is 8.76. The highest BCUT2D eigenvalue weighted by Gasteiger charge is 2.27. The molecule has 4 rings (SSSR count). The second-order valence-electron chi connectivity index (χ2n) is 6.66. The van der Waals surface area contributed by atoms with E-state index < -0.39 is 11.8 Å². The largest absolute Gasteiger partial charge is 0.341 e. The van der Waals surface area contributed by atoms with Crippen LogP contribution >= 0.6 is 0 Å². The summed E-state index contributed by atoms with van der Waals surface area (Å²) in [5.74, 6) is -1.05. The molecule has 5 nitrogen and oxygen atoms in total. The summed E-state index contributed by atoms with van der Waals surface area (Å²) < 4.78 is 0. The molecule has 134 valence electrons. The Hall–Kier alpha value is -3.47. The molecule has 0 aliphatic carbocycles. The lowest BCUT2D eigenvalue weighted by atomic mass is 10.0. The third-order valence-corrected chi connectivity index (χ3v) is 4.93. The van der Waals surface area contributed by atoms with Gasteiger partial charge in [-0.25, -0.2) is 0 Å². The molecule has 0 aromatic heterocycles. The van der Waals surface area contributed by atoms with Gasteiger partial charge in [-0.15, -0.1) is 0 Å². The van der Waals surface area contributed by atoms with Crippen LogP contribution < -0.4 is 5.32 Å². The zero-order chi connectivity index (χ0) is 19.0. The molecular weight excluding hydrogens is 340 g/mol. The molecule has 3 aromatic rings. The molecule has 0 saturated heterocycles. The Morgan fingerprint density at radius 2 is 1.67 bits per heavy atom. The van der Waals surface area contributed by atoms with E-state index in [9.17, 15) is 14.4 Å². The number of fused-ring (bicyclic) bond motifs is 2. The Morgan fingerprint density at radius 3 is 2.52 bits per heavy atom. The monoisotopic (exact) mass is 358 g/mol. The Kier molecular flexibility index (Phi) is 4.20. The highest BCUT2D eigenvalue weighted by molar-refractivity contribution is 6.22. The van der Waals surface area contributed by atoms with E-state index in [0.717, 1.165) is 6.42 Å². The number of amides is 3. The first kappa shape index (κ1) is 17.0. The predicted molar refractivity (Wildman–Crippen MR) is 103 cm³/mol. The topological polar surface area (TPSA) is 66.5 Å². The number of likely N-dealkylation sites (N-methyl/N-ethyl adjacent to an activating group) is 1. The van der Waals surface area contributed by atoms with Gasteiger partial charge in [0.2, 0.25) is 0 Å². The minimum Gasteiger partial charge on any atom is -0.341 e. The standard InChI is InChI=1S/C22H18N2O3/c1-24(12-11-15-7-4-6-14-5-2-3-8-17(14)15)22(27)16-9-10-18-19(13-16)21(26)23-20(18)25/h2-10,13H,11-12H2,1H3,(H,23,25,26). The molecule has 0 saturated carbocycles. The van der Waals surface area contributed by atoms with Crippen LogP contribution in [0.1, 0.15) is 36.6 Å². The zero-order valence-corrected chi connectivity index (χ0v) is 14.9. The van der Waals surface area contributed by atoms with Gasteiger partial charge in [-0.1, -0.05) is 42.5 Å². The fourth-order valence-corrected chi connectivity index (χ4v) is 3.42. The molecule has 3 aromatic carbocycles. The van der Waals surface area contributed by atoms with Crippen LogP contribution in [0, 0.1) is 0 Å². The van der Waals surface area contributed by atoms with Gasteiger partial charge in [0.25, 0.3) is 17.7 Å². The summed E-state index contributed by atoms with van der Waals surface area (Å²) in [6.45, 7) is 0.551. The summed E-state index contributed by atoms with van der Waals surface area (Å²) in [5, 5.41) is 4.61. The van der Waals surface area contributed by atoms with E-state index in [0.29, 0.717) is 17.7 Å². The van der Waals surface area contributed by atoms with E-state index in [1.807, 2.05) is 18.2 Å². The van der Waals surface area contributed by atoms with Crippen LogP contribution in [0.5, 0.6) is 0 Å². The van der Waals surface area contributed by atoms with Crippen LogP contribution in [0.25, 0.3) is 10.8 Å².